The van der Waals surface area contributed by atoms with Crippen molar-refractivity contribution in [1.29, 1.82) is 0 Å². The van der Waals surface area contributed by atoms with E-state index in [9.17, 15) is 34.1 Å². The Morgan fingerprint density at radius 2 is 1.07 bits per heavy atom. The van der Waals surface area contributed by atoms with Crippen molar-refractivity contribution in [3.63, 3.8) is 0 Å². The van der Waals surface area contributed by atoms with Crippen LogP contribution in [0.15, 0.2) is 0 Å². The second-order valence-electron chi connectivity index (χ2n) is 2.85. The van der Waals surface area contributed by atoms with E-state index in [0.29, 0.717) is 0 Å². The van der Waals surface area contributed by atoms with Gasteiger partial charge in [0.1, 0.15) is 0 Å². The van der Waals surface area contributed by atoms with Crippen molar-refractivity contribution < 1.29 is 34.1 Å². The highest BCUT2D eigenvalue weighted by Crippen LogP contribution is 2.75. The van der Waals surface area contributed by atoms with Crippen LogP contribution in [-0.4, -0.2) is 16.4 Å². The summed E-state index contributed by atoms with van der Waals surface area (Å²) in [4.78, 5) is 0. The van der Waals surface area contributed by atoms with Crippen LogP contribution in [0.5, 0.6) is 0 Å². The lowest BCUT2D eigenvalue weighted by molar-refractivity contribution is -0.243. The summed E-state index contributed by atoms with van der Waals surface area (Å²) in [5.41, 5.74) is 0. The lowest BCUT2D eigenvalue weighted by atomic mass is 10.5. The zero-order chi connectivity index (χ0) is 12.0. The summed E-state index contributed by atoms with van der Waals surface area (Å²) >= 11 is 0. The molecule has 0 aromatic carbocycles. The molecule has 0 unspecified atom stereocenters. The van der Waals surface area contributed by atoms with E-state index in [1.165, 1.54) is 0 Å². The zero-order valence-corrected chi connectivity index (χ0v) is 7.75. The van der Waals surface area contributed by atoms with Gasteiger partial charge in [0.15, 0.2) is 15.8 Å². The van der Waals surface area contributed by atoms with Crippen molar-refractivity contribution in [3.8, 4) is 0 Å². The highest BCUT2D eigenvalue weighted by atomic mass is 32.3. The molecule has 0 aliphatic carbocycles. The van der Waals surface area contributed by atoms with Crippen LogP contribution in [0.25, 0.3) is 0 Å². The van der Waals surface area contributed by atoms with Gasteiger partial charge < -0.3 is 0 Å². The summed E-state index contributed by atoms with van der Waals surface area (Å²) in [5, 5.41) is -10.2. The first-order valence-electron chi connectivity index (χ1n) is 3.10. The molecule has 0 heterocycles. The smallest absolute Gasteiger partial charge is 0.229 e. The van der Waals surface area contributed by atoms with Gasteiger partial charge in [0.2, 0.25) is 0 Å². The number of halogens is 8. The van der Waals surface area contributed by atoms with Crippen LogP contribution in [0.1, 0.15) is 13.8 Å². The van der Waals surface area contributed by atoms with Gasteiger partial charge >= 0.3 is 11.4 Å². The molecule has 88 valence electrons. The Bertz CT molecular complexity index is 187. The molecule has 0 saturated carbocycles. The van der Waals surface area contributed by atoms with Gasteiger partial charge in [0, 0.05) is 0 Å². The van der Waals surface area contributed by atoms with Gasteiger partial charge in [-0.15, -0.1) is 7.77 Å². The Morgan fingerprint density at radius 3 is 1.14 bits per heavy atom. The third-order valence-electron chi connectivity index (χ3n) is 1.26. The van der Waals surface area contributed by atoms with E-state index in [2.05, 4.69) is 0 Å². The van der Waals surface area contributed by atoms with Gasteiger partial charge in [-0.1, -0.05) is 0 Å². The largest absolute Gasteiger partial charge is 0.467 e. The van der Waals surface area contributed by atoms with Crippen LogP contribution in [0.2, 0.25) is 0 Å². The van der Waals surface area contributed by atoms with Crippen LogP contribution in [0, 0.1) is 0 Å². The van der Waals surface area contributed by atoms with Gasteiger partial charge in [0.05, 0.1) is 0 Å². The van der Waals surface area contributed by atoms with Crippen LogP contribution in [-0.2, 0) is 0 Å². The van der Waals surface area contributed by atoms with Crippen LogP contribution in [0.3, 0.4) is 0 Å². The third kappa shape index (κ3) is 1.91. The molecule has 0 saturated heterocycles. The molecule has 0 bridgehead atoms. The van der Waals surface area contributed by atoms with E-state index < -0.39 is 27.2 Å². The van der Waals surface area contributed by atoms with E-state index in [-0.39, 0.29) is 13.8 Å². The number of rotatable bonds is 2. The monoisotopic (exact) mass is 250 g/mol. The predicted octanol–water partition coefficient (Wildman–Crippen LogP) is 4.42. The fourth-order valence-electron chi connectivity index (χ4n) is 0.450. The highest BCUT2D eigenvalue weighted by Gasteiger charge is 2.75. The van der Waals surface area contributed by atoms with Gasteiger partial charge in [0.25, 0.3) is 0 Å². The standard InChI is InChI=1S/C5H6F8S/c1-3(2,6)14(12,13)5(10,11)4(7,8)9/h1-2H3. The normalized spacial score (nSPS) is 17.0. The van der Waals surface area contributed by atoms with Crippen molar-refractivity contribution in [3.05, 3.63) is 0 Å². The maximum Gasteiger partial charge on any atom is 0.467 e. The summed E-state index contributed by atoms with van der Waals surface area (Å²) in [5.74, 6) is 0. The minimum atomic E-state index is -6.76. The lowest BCUT2D eigenvalue weighted by Crippen LogP contribution is -2.43. The molecule has 0 aromatic heterocycles. The summed E-state index contributed by atoms with van der Waals surface area (Å²) in [6.45, 7) is -0.0238. The summed E-state index contributed by atoms with van der Waals surface area (Å²) in [6.07, 6.45) is -6.45. The van der Waals surface area contributed by atoms with E-state index >= 15 is 0 Å². The van der Waals surface area contributed by atoms with Crippen molar-refractivity contribution >= 4 is 10.8 Å². The Morgan fingerprint density at radius 1 is 0.786 bits per heavy atom. The van der Waals surface area contributed by atoms with Gasteiger partial charge in [-0.3, -0.25) is 0 Å². The van der Waals surface area contributed by atoms with E-state index in [0.717, 1.165) is 0 Å². The Kier molecular flexibility index (Phi) is 3.09. The summed E-state index contributed by atoms with van der Waals surface area (Å²) in [6, 6.07) is 0. The maximum atomic E-state index is 12.5. The average molecular weight is 250 g/mol. The molecule has 0 nitrogen and oxygen atoms in total. The summed E-state index contributed by atoms with van der Waals surface area (Å²) in [7, 11) is -6.76. The topological polar surface area (TPSA) is 0 Å². The molecule has 0 N–H and O–H groups in total. The molecular weight excluding hydrogens is 244 g/mol. The molecule has 0 spiro atoms. The average Bonchev–Trinajstić information content (AvgIpc) is 1.81. The molecular formula is C5H6F8S. The predicted molar refractivity (Wildman–Crippen MR) is 36.0 cm³/mol. The van der Waals surface area contributed by atoms with E-state index in [1.54, 1.807) is 0 Å². The lowest BCUT2D eigenvalue weighted by Gasteiger charge is -2.37. The zero-order valence-electron chi connectivity index (χ0n) is 6.93. The maximum absolute atomic E-state index is 12.5. The first-order chi connectivity index (χ1) is 5.75. The van der Waals surface area contributed by atoms with Gasteiger partial charge in [-0.25, -0.2) is 4.39 Å². The molecule has 0 fully saturated rings. The minimum Gasteiger partial charge on any atom is -0.229 e. The molecule has 9 heteroatoms. The molecule has 14 heavy (non-hydrogen) atoms. The van der Waals surface area contributed by atoms with Gasteiger partial charge in [-0.05, 0) is 13.8 Å². The fraction of sp³-hybridized carbons (Fsp3) is 1.00. The molecule has 0 amide bonds. The fourth-order valence-corrected chi connectivity index (χ4v) is 1.35. The number of hydrogen-bond donors (Lipinski definition) is 0. The summed E-state index contributed by atoms with van der Waals surface area (Å²) < 4.78 is 96.1. The first kappa shape index (κ1) is 13.8. The molecule has 0 aliphatic rings. The van der Waals surface area contributed by atoms with Crippen molar-refractivity contribution in [1.82, 2.24) is 0 Å². The van der Waals surface area contributed by atoms with Crippen molar-refractivity contribution in [2.24, 2.45) is 0 Å². The third-order valence-corrected chi connectivity index (χ3v) is 3.36. The highest BCUT2D eigenvalue weighted by molar-refractivity contribution is 8.27. The molecule has 0 radical (unpaired) electrons. The van der Waals surface area contributed by atoms with E-state index in [1.807, 2.05) is 0 Å². The second-order valence-corrected chi connectivity index (χ2v) is 5.27. The number of alkyl halides is 6. The number of hydrogen-bond acceptors (Lipinski definition) is 0. The molecule has 0 aromatic rings. The Hall–Kier alpha value is -0.210. The Balaban J connectivity index is 5.30. The van der Waals surface area contributed by atoms with Crippen LogP contribution in [0.4, 0.5) is 34.1 Å². The van der Waals surface area contributed by atoms with Crippen molar-refractivity contribution in [2.75, 3.05) is 0 Å². The molecule has 0 rings (SSSR count). The van der Waals surface area contributed by atoms with E-state index in [4.69, 9.17) is 0 Å². The molecule has 0 atom stereocenters. The Labute approximate surface area is 76.2 Å². The quantitative estimate of drug-likeness (QED) is 0.636. The second kappa shape index (κ2) is 3.14. The first-order valence-corrected chi connectivity index (χ1v) is 4.53. The minimum absolute atomic E-state index is 0.0119. The van der Waals surface area contributed by atoms with Crippen LogP contribution < -0.4 is 0 Å². The SMILES string of the molecule is CC(C)(F)S(F)(F)C(F)(F)C(F)(F)F. The van der Waals surface area contributed by atoms with Crippen LogP contribution >= 0.6 is 10.8 Å². The van der Waals surface area contributed by atoms with Crippen molar-refractivity contribution in [2.45, 2.75) is 30.3 Å². The van der Waals surface area contributed by atoms with Gasteiger partial charge in [-0.2, -0.15) is 22.0 Å². The molecule has 0 aliphatic heterocycles.